The second kappa shape index (κ2) is 6.75. The van der Waals surface area contributed by atoms with Crippen LogP contribution < -0.4 is 5.32 Å². The third-order valence-corrected chi connectivity index (χ3v) is 4.10. The third-order valence-electron chi connectivity index (χ3n) is 4.10. The van der Waals surface area contributed by atoms with Crippen molar-refractivity contribution in [3.63, 3.8) is 0 Å². The van der Waals surface area contributed by atoms with E-state index in [1.54, 1.807) is 0 Å². The number of nitrogens with zero attached hydrogens (tertiary/aromatic N) is 3. The van der Waals surface area contributed by atoms with Crippen LogP contribution in [0.25, 0.3) is 5.69 Å². The summed E-state index contributed by atoms with van der Waals surface area (Å²) < 4.78 is 1.84. The predicted molar refractivity (Wildman–Crippen MR) is 85.6 cm³/mol. The van der Waals surface area contributed by atoms with Crippen LogP contribution in [0.5, 0.6) is 0 Å². The third kappa shape index (κ3) is 3.36. The minimum absolute atomic E-state index is 0.114. The fourth-order valence-corrected chi connectivity index (χ4v) is 2.89. The van der Waals surface area contributed by atoms with Crippen LogP contribution in [0.2, 0.25) is 0 Å². The number of carbonyl (C=O) groups excluding carboxylic acids is 1. The quantitative estimate of drug-likeness (QED) is 0.937. The molecule has 5 nitrogen and oxygen atoms in total. The summed E-state index contributed by atoms with van der Waals surface area (Å²) in [4.78, 5) is 14.2. The van der Waals surface area contributed by atoms with Gasteiger partial charge in [-0.3, -0.25) is 4.79 Å². The van der Waals surface area contributed by atoms with Gasteiger partial charge in [0.1, 0.15) is 0 Å². The Balaban J connectivity index is 1.63. The van der Waals surface area contributed by atoms with Crippen LogP contribution in [0.15, 0.2) is 42.7 Å². The minimum atomic E-state index is 0.114. The van der Waals surface area contributed by atoms with Crippen LogP contribution in [-0.4, -0.2) is 40.7 Å². The van der Waals surface area contributed by atoms with Gasteiger partial charge in [0, 0.05) is 31.9 Å². The van der Waals surface area contributed by atoms with Crippen LogP contribution in [0.3, 0.4) is 0 Å². The molecule has 1 saturated heterocycles. The largest absolute Gasteiger partial charge is 0.341 e. The molecule has 1 aromatic heterocycles. The predicted octanol–water partition coefficient (Wildman–Crippen LogP) is 1.83. The average Bonchev–Trinajstić information content (AvgIpc) is 3.04. The lowest BCUT2D eigenvalue weighted by atomic mass is 9.98. The molecule has 5 heteroatoms. The molecule has 1 fully saturated rings. The molecule has 1 aliphatic rings. The normalized spacial score (nSPS) is 18.1. The minimum Gasteiger partial charge on any atom is -0.341 e. The zero-order valence-electron chi connectivity index (χ0n) is 12.9. The SMILES string of the molecule is CN(Cc1cnn(-c2ccccc2)c1)C(=O)C1CCCNC1. The number of benzene rings is 1. The number of rotatable bonds is 4. The van der Waals surface area contributed by atoms with Crippen molar-refractivity contribution in [2.45, 2.75) is 19.4 Å². The van der Waals surface area contributed by atoms with Crippen molar-refractivity contribution in [3.05, 3.63) is 48.3 Å². The smallest absolute Gasteiger partial charge is 0.227 e. The number of hydrogen-bond acceptors (Lipinski definition) is 3. The average molecular weight is 298 g/mol. The van der Waals surface area contributed by atoms with Crippen LogP contribution >= 0.6 is 0 Å². The fourth-order valence-electron chi connectivity index (χ4n) is 2.89. The molecule has 0 spiro atoms. The van der Waals surface area contributed by atoms with Gasteiger partial charge >= 0.3 is 0 Å². The Hall–Kier alpha value is -2.14. The summed E-state index contributed by atoms with van der Waals surface area (Å²) in [6.45, 7) is 2.42. The van der Waals surface area contributed by atoms with E-state index in [1.807, 2.05) is 59.4 Å². The molecule has 0 bridgehead atoms. The lowest BCUT2D eigenvalue weighted by Gasteiger charge is -2.26. The molecule has 2 heterocycles. The van der Waals surface area contributed by atoms with Gasteiger partial charge in [-0.25, -0.2) is 4.68 Å². The first-order valence-electron chi connectivity index (χ1n) is 7.79. The molecular weight excluding hydrogens is 276 g/mol. The summed E-state index contributed by atoms with van der Waals surface area (Å²) in [7, 11) is 1.87. The van der Waals surface area contributed by atoms with E-state index in [9.17, 15) is 4.79 Å². The Morgan fingerprint density at radius 2 is 2.23 bits per heavy atom. The Bertz CT molecular complexity index is 617. The van der Waals surface area contributed by atoms with Crippen LogP contribution in [0.1, 0.15) is 18.4 Å². The Labute approximate surface area is 130 Å². The summed E-state index contributed by atoms with van der Waals surface area (Å²) >= 11 is 0. The first-order chi connectivity index (χ1) is 10.7. The van der Waals surface area contributed by atoms with E-state index in [0.29, 0.717) is 6.54 Å². The van der Waals surface area contributed by atoms with E-state index in [0.717, 1.165) is 37.2 Å². The van der Waals surface area contributed by atoms with Gasteiger partial charge in [-0.2, -0.15) is 5.10 Å². The Morgan fingerprint density at radius 3 is 2.95 bits per heavy atom. The van der Waals surface area contributed by atoms with Crippen LogP contribution in [-0.2, 0) is 11.3 Å². The Kier molecular flexibility index (Phi) is 4.53. The molecule has 1 amide bonds. The van der Waals surface area contributed by atoms with E-state index in [1.165, 1.54) is 0 Å². The maximum absolute atomic E-state index is 12.4. The van der Waals surface area contributed by atoms with Gasteiger partial charge in [-0.15, -0.1) is 0 Å². The molecular formula is C17H22N4O. The first-order valence-corrected chi connectivity index (χ1v) is 7.79. The van der Waals surface area contributed by atoms with E-state index in [-0.39, 0.29) is 11.8 Å². The highest BCUT2D eigenvalue weighted by atomic mass is 16.2. The highest BCUT2D eigenvalue weighted by Crippen LogP contribution is 2.15. The fraction of sp³-hybridized carbons (Fsp3) is 0.412. The summed E-state index contributed by atoms with van der Waals surface area (Å²) in [5.41, 5.74) is 2.07. The molecule has 22 heavy (non-hydrogen) atoms. The van der Waals surface area contributed by atoms with E-state index in [2.05, 4.69) is 10.4 Å². The molecule has 1 N–H and O–H groups in total. The molecule has 1 aliphatic heterocycles. The van der Waals surface area contributed by atoms with E-state index >= 15 is 0 Å². The number of piperidine rings is 1. The number of nitrogens with one attached hydrogen (secondary N) is 1. The maximum Gasteiger partial charge on any atom is 0.227 e. The topological polar surface area (TPSA) is 50.2 Å². The van der Waals surface area contributed by atoms with E-state index in [4.69, 9.17) is 0 Å². The van der Waals surface area contributed by atoms with Crippen LogP contribution in [0, 0.1) is 5.92 Å². The summed E-state index contributed by atoms with van der Waals surface area (Å²) in [5, 5.41) is 7.67. The second-order valence-corrected chi connectivity index (χ2v) is 5.87. The highest BCUT2D eigenvalue weighted by Gasteiger charge is 2.24. The monoisotopic (exact) mass is 298 g/mol. The summed E-state index contributed by atoms with van der Waals surface area (Å²) in [5.74, 6) is 0.336. The van der Waals surface area contributed by atoms with Crippen molar-refractivity contribution in [2.24, 2.45) is 5.92 Å². The maximum atomic E-state index is 12.4. The van der Waals surface area contributed by atoms with Gasteiger partial charge in [-0.1, -0.05) is 18.2 Å². The van der Waals surface area contributed by atoms with Gasteiger partial charge in [0.2, 0.25) is 5.91 Å². The van der Waals surface area contributed by atoms with Gasteiger partial charge in [-0.05, 0) is 31.5 Å². The molecule has 0 saturated carbocycles. The standard InChI is InChI=1S/C17H22N4O/c1-20(17(22)15-6-5-9-18-11-15)12-14-10-19-21(13-14)16-7-3-2-4-8-16/h2-4,7-8,10,13,15,18H,5-6,9,11-12H2,1H3. The molecule has 1 unspecified atom stereocenters. The van der Waals surface area contributed by atoms with Crippen LogP contribution in [0.4, 0.5) is 0 Å². The van der Waals surface area contributed by atoms with Crippen molar-refractivity contribution >= 4 is 5.91 Å². The zero-order chi connectivity index (χ0) is 15.4. The van der Waals surface area contributed by atoms with Crippen molar-refractivity contribution in [1.82, 2.24) is 20.0 Å². The van der Waals surface area contributed by atoms with Crippen molar-refractivity contribution in [1.29, 1.82) is 0 Å². The number of para-hydroxylation sites is 1. The molecule has 0 aliphatic carbocycles. The molecule has 1 atom stereocenters. The van der Waals surface area contributed by atoms with Crippen molar-refractivity contribution in [2.75, 3.05) is 20.1 Å². The number of hydrogen-bond donors (Lipinski definition) is 1. The molecule has 116 valence electrons. The zero-order valence-corrected chi connectivity index (χ0v) is 12.9. The lowest BCUT2D eigenvalue weighted by molar-refractivity contribution is -0.135. The van der Waals surface area contributed by atoms with E-state index < -0.39 is 0 Å². The second-order valence-electron chi connectivity index (χ2n) is 5.87. The summed E-state index contributed by atoms with van der Waals surface area (Å²) in [6, 6.07) is 9.99. The lowest BCUT2D eigenvalue weighted by Crippen LogP contribution is -2.41. The van der Waals surface area contributed by atoms with Gasteiger partial charge in [0.25, 0.3) is 0 Å². The molecule has 0 radical (unpaired) electrons. The highest BCUT2D eigenvalue weighted by molar-refractivity contribution is 5.78. The molecule has 3 rings (SSSR count). The van der Waals surface area contributed by atoms with Crippen molar-refractivity contribution in [3.8, 4) is 5.69 Å². The number of aromatic nitrogens is 2. The summed E-state index contributed by atoms with van der Waals surface area (Å²) in [6.07, 6.45) is 5.88. The van der Waals surface area contributed by atoms with Crippen molar-refractivity contribution < 1.29 is 4.79 Å². The Morgan fingerprint density at radius 1 is 1.41 bits per heavy atom. The number of amides is 1. The van der Waals surface area contributed by atoms with Gasteiger partial charge in [0.15, 0.2) is 0 Å². The molecule has 2 aromatic rings. The van der Waals surface area contributed by atoms with Gasteiger partial charge < -0.3 is 10.2 Å². The number of carbonyl (C=O) groups is 1. The first kappa shape index (κ1) is 14.8. The molecule has 1 aromatic carbocycles. The van der Waals surface area contributed by atoms with Gasteiger partial charge in [0.05, 0.1) is 17.8 Å².